The van der Waals surface area contributed by atoms with Crippen molar-refractivity contribution >= 4 is 70.2 Å². The van der Waals surface area contributed by atoms with E-state index in [9.17, 15) is 24.0 Å². The Kier molecular flexibility index (Phi) is 34.8. The first-order valence-electron chi connectivity index (χ1n) is 31.4. The molecule has 0 saturated carbocycles. The second-order valence-electron chi connectivity index (χ2n) is 23.6. The molecule has 0 bridgehead atoms. The second kappa shape index (κ2) is 41.1. The Hall–Kier alpha value is -8.79. The molecule has 20 heteroatoms. The van der Waals surface area contributed by atoms with Gasteiger partial charge in [-0.3, -0.25) is 9.80 Å². The second-order valence-corrected chi connectivity index (χ2v) is 25.0. The summed E-state index contributed by atoms with van der Waals surface area (Å²) in [6.45, 7) is 31.0. The van der Waals surface area contributed by atoms with Crippen LogP contribution in [0.4, 0.5) is 0 Å². The van der Waals surface area contributed by atoms with Crippen LogP contribution in [-0.2, 0) is 57.6 Å². The summed E-state index contributed by atoms with van der Waals surface area (Å²) in [7, 11) is 2.92. The first-order chi connectivity index (χ1) is 45.1. The van der Waals surface area contributed by atoms with Crippen LogP contribution >= 0.6 is 11.8 Å². The summed E-state index contributed by atoms with van der Waals surface area (Å²) < 4.78 is 9.62. The van der Waals surface area contributed by atoms with Gasteiger partial charge in [-0.25, -0.2) is 24.0 Å². The first kappa shape index (κ1) is 80.4. The number of carbonyl (C=O) groups is 5. The molecule has 6 aromatic carbocycles. The number of benzene rings is 6. The third-order valence-corrected chi connectivity index (χ3v) is 16.5. The number of nitrogens with zero attached hydrogens (tertiary/aromatic N) is 7. The van der Waals surface area contributed by atoms with Gasteiger partial charge in [-0.2, -0.15) is 0 Å². The molecule has 6 aromatic rings. The number of thioether (sulfide) groups is 1. The molecule has 19 nitrogen and oxygen atoms in total. The maximum absolute atomic E-state index is 12.2. The maximum Gasteiger partial charge on any atom is 0.367 e. The van der Waals surface area contributed by atoms with Crippen molar-refractivity contribution in [3.8, 4) is 0 Å². The van der Waals surface area contributed by atoms with Gasteiger partial charge >= 0.3 is 29.8 Å². The van der Waals surface area contributed by atoms with Crippen LogP contribution in [0.1, 0.15) is 156 Å². The van der Waals surface area contributed by atoms with E-state index in [0.717, 1.165) is 72.4 Å². The number of hydrogen-bond donors (Lipinski definition) is 0. The summed E-state index contributed by atoms with van der Waals surface area (Å²) in [5, 5.41) is 19.5. The lowest BCUT2D eigenvalue weighted by Gasteiger charge is -2.33. The topological polar surface area (TPSA) is 218 Å². The van der Waals surface area contributed by atoms with Crippen molar-refractivity contribution in [2.75, 3.05) is 46.7 Å². The van der Waals surface area contributed by atoms with Crippen molar-refractivity contribution in [3.05, 3.63) is 215 Å². The van der Waals surface area contributed by atoms with Crippen LogP contribution in [0.5, 0.6) is 0 Å². The fraction of sp³-hybridized carbons (Fsp3) is 0.387. The summed E-state index contributed by atoms with van der Waals surface area (Å²) in [6.07, 6.45) is 3.37. The highest BCUT2D eigenvalue weighted by molar-refractivity contribution is 8.00. The largest absolute Gasteiger partial charge is 0.367 e. The van der Waals surface area contributed by atoms with E-state index in [1.807, 2.05) is 269 Å². The summed E-state index contributed by atoms with van der Waals surface area (Å²) in [5.74, 6) is -2.03. The lowest BCUT2D eigenvalue weighted by atomic mass is 10.0. The third kappa shape index (κ3) is 27.2. The lowest BCUT2D eigenvalue weighted by molar-refractivity contribution is -0.165. The van der Waals surface area contributed by atoms with E-state index in [0.29, 0.717) is 28.6 Å². The number of rotatable bonds is 23. The fourth-order valence-corrected chi connectivity index (χ4v) is 8.62. The highest BCUT2D eigenvalue weighted by atomic mass is 32.2. The molecule has 0 aliphatic carbocycles. The molecule has 1 aliphatic heterocycles. The zero-order valence-corrected chi connectivity index (χ0v) is 59.4. The van der Waals surface area contributed by atoms with Gasteiger partial charge in [0.2, 0.25) is 0 Å². The number of likely N-dealkylation sites (tertiary alicyclic amines) is 1. The van der Waals surface area contributed by atoms with Gasteiger partial charge in [0.15, 0.2) is 11.7 Å². The molecule has 95 heavy (non-hydrogen) atoms. The van der Waals surface area contributed by atoms with Crippen molar-refractivity contribution in [2.24, 2.45) is 25.8 Å². The highest BCUT2D eigenvalue weighted by Gasteiger charge is 2.38. The SMILES string of the molecule is C/C(=N\OC(=O)C(C)(C)N1CCCC1)c1ccccc1.CCN(CC)C(C)(C)C(=O)O/N=C(\C)c1ccccc1.COC(C(=O)O/N=C(\C)c1ccccc1)c1ccccc1.COC(C)(C)C(=O)O/N=C(\C)c1ccccc1.CSC(C)(C)C(=O)O/N=C(\C)c1ccccc1. The number of hydrogen-bond acceptors (Lipinski definition) is 20. The fourth-order valence-electron chi connectivity index (χ4n) is 8.42. The minimum absolute atomic E-state index is 0.297. The van der Waals surface area contributed by atoms with Crippen LogP contribution in [0.15, 0.2) is 208 Å². The normalized spacial score (nSPS) is 13.5. The molecule has 1 heterocycles. The van der Waals surface area contributed by atoms with E-state index < -0.39 is 39.5 Å². The van der Waals surface area contributed by atoms with Crippen LogP contribution in [0.25, 0.3) is 0 Å². The average Bonchev–Trinajstić information content (AvgIpc) is 1.95. The molecular formula is C75H97N7O12S. The Morgan fingerprint density at radius 2 is 0.737 bits per heavy atom. The van der Waals surface area contributed by atoms with E-state index in [2.05, 4.69) is 30.7 Å². The van der Waals surface area contributed by atoms with Gasteiger partial charge in [-0.05, 0) is 169 Å². The van der Waals surface area contributed by atoms with Gasteiger partial charge in [-0.1, -0.05) is 222 Å². The van der Waals surface area contributed by atoms with Crippen LogP contribution in [-0.4, -0.2) is 136 Å². The zero-order valence-electron chi connectivity index (χ0n) is 58.6. The summed E-state index contributed by atoms with van der Waals surface area (Å²) in [5.41, 5.74) is 6.48. The lowest BCUT2D eigenvalue weighted by Crippen LogP contribution is -2.50. The number of carbonyl (C=O) groups excluding carboxylic acids is 5. The Bertz CT molecular complexity index is 3290. The molecule has 1 fully saturated rings. The van der Waals surface area contributed by atoms with Gasteiger partial charge in [0.25, 0.3) is 0 Å². The van der Waals surface area contributed by atoms with Gasteiger partial charge in [-0.15, -0.1) is 11.8 Å². The molecule has 1 aliphatic rings. The predicted octanol–water partition coefficient (Wildman–Crippen LogP) is 14.7. The Labute approximate surface area is 566 Å². The van der Waals surface area contributed by atoms with E-state index >= 15 is 0 Å². The Balaban J connectivity index is 0.000000310. The van der Waals surface area contributed by atoms with Crippen LogP contribution in [0.2, 0.25) is 0 Å². The summed E-state index contributed by atoms with van der Waals surface area (Å²) in [6, 6.07) is 57.2. The summed E-state index contributed by atoms with van der Waals surface area (Å²) in [4.78, 5) is 88.9. The van der Waals surface area contributed by atoms with Gasteiger partial charge in [0.05, 0.1) is 28.6 Å². The van der Waals surface area contributed by atoms with Crippen molar-refractivity contribution in [1.29, 1.82) is 0 Å². The van der Waals surface area contributed by atoms with Crippen molar-refractivity contribution < 1.29 is 57.6 Å². The maximum atomic E-state index is 12.2. The molecule has 1 unspecified atom stereocenters. The third-order valence-electron chi connectivity index (χ3n) is 15.3. The molecule has 0 amide bonds. The molecule has 510 valence electrons. The molecule has 0 radical (unpaired) electrons. The number of oxime groups is 5. The standard InChI is InChI=1S/C17H17NO3.C16H22N2O2.C16H24N2O2.C13H17NO3.C13H17NO2S/c1-13(14-9-5-3-6-10-14)18-21-17(19)16(20-2)15-11-7-4-8-12-15;1-13(14-9-5-4-6-10-14)17-20-15(19)16(2,3)18-11-7-8-12-18;1-6-18(7-2)16(4,5)15(19)20-17-13(3)14-11-9-8-10-12-14;1-10(11-8-6-5-7-9-11)14-17-12(15)13(2,3)16-4;1-10(11-8-6-5-7-9-11)14-16-12(15)13(2,3)17-4/h3-12,16H,1-2H3;4-6,9-10H,7-8,11-12H2,1-3H3;8-12H,6-7H2,1-5H3;2*5-9H,1-4H3/b18-13+;2*17-13+;2*14-10+. The minimum atomic E-state index is -0.986. The molecule has 1 atom stereocenters. The summed E-state index contributed by atoms with van der Waals surface area (Å²) >= 11 is 1.44. The number of likely N-dealkylation sites (N-methyl/N-ethyl adjacent to an activating group) is 1. The van der Waals surface area contributed by atoms with Crippen LogP contribution in [0.3, 0.4) is 0 Å². The van der Waals surface area contributed by atoms with Crippen LogP contribution < -0.4 is 0 Å². The van der Waals surface area contributed by atoms with Crippen LogP contribution in [0, 0.1) is 0 Å². The molecule has 1 saturated heterocycles. The Morgan fingerprint density at radius 1 is 0.442 bits per heavy atom. The first-order valence-corrected chi connectivity index (χ1v) is 32.6. The van der Waals surface area contributed by atoms with Crippen molar-refractivity contribution in [2.45, 2.75) is 144 Å². The minimum Gasteiger partial charge on any atom is -0.367 e. The monoisotopic (exact) mass is 1320 g/mol. The zero-order chi connectivity index (χ0) is 70.6. The van der Waals surface area contributed by atoms with Gasteiger partial charge in [0.1, 0.15) is 15.8 Å². The highest BCUT2D eigenvalue weighted by Crippen LogP contribution is 2.25. The van der Waals surface area contributed by atoms with E-state index in [1.165, 1.54) is 26.0 Å². The molecule has 0 N–H and O–H groups in total. The van der Waals surface area contributed by atoms with Gasteiger partial charge < -0.3 is 33.7 Å². The Morgan fingerprint density at radius 3 is 1.04 bits per heavy atom. The molecular weight excluding hydrogens is 1220 g/mol. The van der Waals surface area contributed by atoms with E-state index in [1.54, 1.807) is 27.7 Å². The van der Waals surface area contributed by atoms with E-state index in [-0.39, 0.29) is 17.9 Å². The number of ether oxygens (including phenoxy) is 2. The molecule has 7 rings (SSSR count). The average molecular weight is 1320 g/mol. The van der Waals surface area contributed by atoms with Gasteiger partial charge in [0, 0.05) is 14.2 Å². The number of methoxy groups -OCH3 is 2. The molecule has 0 aromatic heterocycles. The van der Waals surface area contributed by atoms with Crippen molar-refractivity contribution in [1.82, 2.24) is 9.80 Å². The predicted molar refractivity (Wildman–Crippen MR) is 380 cm³/mol. The van der Waals surface area contributed by atoms with Crippen molar-refractivity contribution in [3.63, 3.8) is 0 Å². The smallest absolute Gasteiger partial charge is 0.367 e. The van der Waals surface area contributed by atoms with E-state index in [4.69, 9.17) is 33.7 Å². The quantitative estimate of drug-likeness (QED) is 0.0331. The molecule has 0 spiro atoms.